The van der Waals surface area contributed by atoms with Gasteiger partial charge in [0.05, 0.1) is 5.69 Å². The Hall–Kier alpha value is -5.46. The highest BCUT2D eigenvalue weighted by molar-refractivity contribution is 5.96. The molecule has 5 aromatic rings. The van der Waals surface area contributed by atoms with Crippen LogP contribution in [-0.2, 0) is 30.5 Å². The monoisotopic (exact) mass is 758 g/mol. The number of nitrogens with zero attached hydrogens (tertiary/aromatic N) is 5. The number of hydrogen-bond donors (Lipinski definition) is 5. The average molecular weight is 759 g/mol. The number of amides is 1. The van der Waals surface area contributed by atoms with Crippen molar-refractivity contribution in [1.82, 2.24) is 30.1 Å². The molecule has 12 nitrogen and oxygen atoms in total. The van der Waals surface area contributed by atoms with Gasteiger partial charge in [0.2, 0.25) is 0 Å². The summed E-state index contributed by atoms with van der Waals surface area (Å²) in [5.41, 5.74) is 19.6. The average Bonchev–Trinajstić information content (AvgIpc) is 3.81. The van der Waals surface area contributed by atoms with Gasteiger partial charge in [-0.1, -0.05) is 77.9 Å². The summed E-state index contributed by atoms with van der Waals surface area (Å²) in [6.45, 7) is 20.5. The molecular formula is C44H58N10O2. The van der Waals surface area contributed by atoms with Gasteiger partial charge < -0.3 is 36.9 Å². The third-order valence-corrected chi connectivity index (χ3v) is 10.3. The Labute approximate surface area is 330 Å². The van der Waals surface area contributed by atoms with Crippen molar-refractivity contribution in [2.24, 2.45) is 16.5 Å². The molecule has 7 N–H and O–H groups in total. The predicted molar refractivity (Wildman–Crippen MR) is 228 cm³/mol. The first-order valence-corrected chi connectivity index (χ1v) is 19.6. The van der Waals surface area contributed by atoms with E-state index in [1.165, 1.54) is 22.4 Å². The molecule has 296 valence electrons. The number of aromatic nitrogens is 3. The summed E-state index contributed by atoms with van der Waals surface area (Å²) in [5, 5.41) is 7.67. The third kappa shape index (κ3) is 10.0. The lowest BCUT2D eigenvalue weighted by molar-refractivity contribution is 0.0751. The highest BCUT2D eigenvalue weighted by Crippen LogP contribution is 2.31. The molecule has 1 fully saturated rings. The predicted octanol–water partition coefficient (Wildman–Crippen LogP) is 5.31. The van der Waals surface area contributed by atoms with Gasteiger partial charge in [-0.25, -0.2) is 4.79 Å². The van der Waals surface area contributed by atoms with Crippen molar-refractivity contribution < 1.29 is 4.79 Å². The molecule has 2 aliphatic heterocycles. The fourth-order valence-electron chi connectivity index (χ4n) is 6.94. The van der Waals surface area contributed by atoms with Crippen LogP contribution in [0.4, 0.5) is 5.69 Å². The Bertz CT molecular complexity index is 2190. The zero-order valence-corrected chi connectivity index (χ0v) is 33.8. The molecule has 3 aromatic carbocycles. The molecule has 2 aromatic heterocycles. The van der Waals surface area contributed by atoms with Crippen LogP contribution in [0.25, 0.3) is 16.7 Å². The first-order chi connectivity index (χ1) is 26.7. The van der Waals surface area contributed by atoms with Gasteiger partial charge in [0.15, 0.2) is 5.96 Å². The number of nitrogens with one attached hydrogen (secondary N) is 3. The number of aliphatic imine (C=N–C) groups is 1. The molecule has 0 atom stereocenters. The van der Waals surface area contributed by atoms with E-state index < -0.39 is 0 Å². The maximum absolute atomic E-state index is 13.3. The van der Waals surface area contributed by atoms with Crippen LogP contribution in [0.15, 0.2) is 88.8 Å². The quantitative estimate of drug-likeness (QED) is 0.0768. The molecule has 0 aliphatic carbocycles. The summed E-state index contributed by atoms with van der Waals surface area (Å²) < 4.78 is 1.58. The van der Waals surface area contributed by atoms with Gasteiger partial charge >= 0.3 is 5.69 Å². The van der Waals surface area contributed by atoms with Crippen LogP contribution in [0.5, 0.6) is 0 Å². The van der Waals surface area contributed by atoms with E-state index in [2.05, 4.69) is 121 Å². The topological polar surface area (TPSA) is 163 Å². The fourth-order valence-corrected chi connectivity index (χ4v) is 6.94. The normalized spacial score (nSPS) is 14.3. The van der Waals surface area contributed by atoms with Gasteiger partial charge in [0.25, 0.3) is 5.91 Å². The summed E-state index contributed by atoms with van der Waals surface area (Å²) in [6.07, 6.45) is 2.71. The van der Waals surface area contributed by atoms with Crippen molar-refractivity contribution in [2.45, 2.75) is 78.4 Å². The Kier molecular flexibility index (Phi) is 12.3. The zero-order chi connectivity index (χ0) is 40.0. The van der Waals surface area contributed by atoms with Gasteiger partial charge in [0.1, 0.15) is 5.65 Å². The lowest BCUT2D eigenvalue weighted by Gasteiger charge is -2.31. The number of nitrogens with two attached hydrogens (primary N) is 2. The van der Waals surface area contributed by atoms with Crippen molar-refractivity contribution in [3.63, 3.8) is 0 Å². The van der Waals surface area contributed by atoms with Crippen LogP contribution in [0.2, 0.25) is 0 Å². The van der Waals surface area contributed by atoms with Crippen molar-refractivity contribution in [3.8, 4) is 5.69 Å². The molecule has 0 radical (unpaired) electrons. The van der Waals surface area contributed by atoms with E-state index in [0.717, 1.165) is 73.6 Å². The second-order valence-corrected chi connectivity index (χ2v) is 16.8. The number of H-pyrrole nitrogens is 1. The molecule has 0 saturated carbocycles. The number of fused-ring (bicyclic) bond motifs is 2. The molecule has 1 saturated heterocycles. The standard InChI is InChI=1S/C23H29N3O.C21H29N7O/c1-23(2,3)20-12-19(13-21(14-20)25-10-8-24-9-11-25)22(27)26-15-17-6-4-5-7-18(17)16-26;1-21(2,3)17-11-15-13-28(20(29)27-18(15)26-17)16-7-5-14(6-8-16)12-24-9-4-10-25-19(22)23/h4-7,12-14,24H,8-11,15-16H2,1-3H3;5-8,11,13,24H,4,9-10,12H2,1-3H3,(H4,22,23,25)(H,26,27,29). The van der Waals surface area contributed by atoms with Crippen molar-refractivity contribution in [3.05, 3.63) is 123 Å². The van der Waals surface area contributed by atoms with Crippen LogP contribution in [0.3, 0.4) is 0 Å². The minimum Gasteiger partial charge on any atom is -0.370 e. The molecule has 7 rings (SSSR count). The van der Waals surface area contributed by atoms with Gasteiger partial charge in [-0.15, -0.1) is 0 Å². The SMILES string of the molecule is CC(C)(C)c1cc(C(=O)N2Cc3ccccc3C2)cc(N2CCNCC2)c1.CC(C)(C)c1cc2cn(-c3ccc(CNCCCN=C(N)N)cc3)c(=O)nc2[nH]1. The van der Waals surface area contributed by atoms with Gasteiger partial charge in [-0.05, 0) is 77.0 Å². The number of benzene rings is 3. The van der Waals surface area contributed by atoms with Crippen LogP contribution in [-0.4, -0.2) is 70.6 Å². The van der Waals surface area contributed by atoms with Crippen molar-refractivity contribution in [1.29, 1.82) is 0 Å². The van der Waals surface area contributed by atoms with Gasteiger partial charge in [-0.2, -0.15) is 4.98 Å². The summed E-state index contributed by atoms with van der Waals surface area (Å²) in [6, 6.07) is 24.7. The van der Waals surface area contributed by atoms with Crippen LogP contribution >= 0.6 is 0 Å². The first-order valence-electron chi connectivity index (χ1n) is 19.6. The summed E-state index contributed by atoms with van der Waals surface area (Å²) in [5.74, 6) is 0.256. The van der Waals surface area contributed by atoms with Crippen molar-refractivity contribution in [2.75, 3.05) is 44.2 Å². The number of piperazine rings is 1. The van der Waals surface area contributed by atoms with Crippen LogP contribution < -0.4 is 32.7 Å². The lowest BCUT2D eigenvalue weighted by atomic mass is 9.85. The van der Waals surface area contributed by atoms with E-state index in [4.69, 9.17) is 11.5 Å². The first kappa shape index (κ1) is 40.2. The number of rotatable bonds is 9. The second kappa shape index (κ2) is 17.1. The molecule has 0 bridgehead atoms. The van der Waals surface area contributed by atoms with Gasteiger partial charge in [-0.3, -0.25) is 14.4 Å². The molecular weight excluding hydrogens is 701 g/mol. The lowest BCUT2D eigenvalue weighted by Crippen LogP contribution is -2.43. The number of anilines is 1. The fraction of sp³-hybridized carbons (Fsp3) is 0.409. The molecule has 12 heteroatoms. The second-order valence-electron chi connectivity index (χ2n) is 16.8. The number of carbonyl (C=O) groups is 1. The number of aromatic amines is 1. The van der Waals surface area contributed by atoms with E-state index in [-0.39, 0.29) is 28.4 Å². The number of carbonyl (C=O) groups excluding carboxylic acids is 1. The Balaban J connectivity index is 0.000000190. The maximum Gasteiger partial charge on any atom is 0.354 e. The van der Waals surface area contributed by atoms with E-state index in [9.17, 15) is 9.59 Å². The molecule has 0 unspecified atom stereocenters. The molecule has 0 spiro atoms. The van der Waals surface area contributed by atoms with E-state index in [0.29, 0.717) is 25.3 Å². The highest BCUT2D eigenvalue weighted by Gasteiger charge is 2.27. The Morgan fingerprint density at radius 3 is 2.18 bits per heavy atom. The number of hydrogen-bond acceptors (Lipinski definition) is 7. The largest absolute Gasteiger partial charge is 0.370 e. The summed E-state index contributed by atoms with van der Waals surface area (Å²) in [7, 11) is 0. The smallest absolute Gasteiger partial charge is 0.354 e. The van der Waals surface area contributed by atoms with E-state index in [1.54, 1.807) is 4.57 Å². The summed E-state index contributed by atoms with van der Waals surface area (Å²) in [4.78, 5) is 41.6. The van der Waals surface area contributed by atoms with Crippen molar-refractivity contribution >= 4 is 28.6 Å². The van der Waals surface area contributed by atoms with Crippen LogP contribution in [0, 0.1) is 0 Å². The maximum atomic E-state index is 13.3. The summed E-state index contributed by atoms with van der Waals surface area (Å²) >= 11 is 0. The molecule has 2 aliphatic rings. The molecule has 4 heterocycles. The molecule has 56 heavy (non-hydrogen) atoms. The van der Waals surface area contributed by atoms with E-state index in [1.807, 2.05) is 35.4 Å². The van der Waals surface area contributed by atoms with E-state index >= 15 is 0 Å². The molecule has 1 amide bonds. The zero-order valence-electron chi connectivity index (χ0n) is 33.8. The Morgan fingerprint density at radius 1 is 0.875 bits per heavy atom. The Morgan fingerprint density at radius 2 is 1.55 bits per heavy atom. The number of guanidine groups is 1. The highest BCUT2D eigenvalue weighted by atomic mass is 16.2. The minimum absolute atomic E-state index is 0.00699. The van der Waals surface area contributed by atoms with Gasteiger partial charge in [0, 0.05) is 86.3 Å². The van der Waals surface area contributed by atoms with Crippen LogP contribution in [0.1, 0.15) is 86.3 Å². The third-order valence-electron chi connectivity index (χ3n) is 10.3. The minimum atomic E-state index is -0.301.